The van der Waals surface area contributed by atoms with Gasteiger partial charge in [0.25, 0.3) is 5.56 Å². The molecule has 0 saturated carbocycles. The molecule has 0 atom stereocenters. The van der Waals surface area contributed by atoms with Crippen molar-refractivity contribution in [3.63, 3.8) is 0 Å². The van der Waals surface area contributed by atoms with E-state index in [4.69, 9.17) is 0 Å². The van der Waals surface area contributed by atoms with E-state index in [1.165, 1.54) is 6.92 Å². The van der Waals surface area contributed by atoms with Crippen LogP contribution in [0.1, 0.15) is 6.92 Å². The zero-order valence-electron chi connectivity index (χ0n) is 8.09. The van der Waals surface area contributed by atoms with E-state index < -0.39 is 11.2 Å². The summed E-state index contributed by atoms with van der Waals surface area (Å²) in [5.74, 6) is -0.139. The molecule has 1 rings (SSSR count). The van der Waals surface area contributed by atoms with Crippen LogP contribution in [0.3, 0.4) is 0 Å². The number of carbonyl (C=O) groups excluding carboxylic acids is 1. The molecule has 0 aliphatic rings. The van der Waals surface area contributed by atoms with Gasteiger partial charge in [-0.25, -0.2) is 9.89 Å². The lowest BCUT2D eigenvalue weighted by Crippen LogP contribution is -2.31. The summed E-state index contributed by atoms with van der Waals surface area (Å²) < 4.78 is 0. The molecule has 1 aromatic heterocycles. The van der Waals surface area contributed by atoms with Gasteiger partial charge in [-0.05, 0) is 0 Å². The molecule has 0 aromatic carbocycles. The third-order valence-corrected chi connectivity index (χ3v) is 1.50. The Morgan fingerprint density at radius 3 is 2.73 bits per heavy atom. The van der Waals surface area contributed by atoms with Gasteiger partial charge in [0.2, 0.25) is 11.7 Å². The molecule has 0 radical (unpaired) electrons. The van der Waals surface area contributed by atoms with Crippen LogP contribution in [0.2, 0.25) is 0 Å². The molecule has 0 aliphatic carbocycles. The maximum Gasteiger partial charge on any atom is 0.342 e. The van der Waals surface area contributed by atoms with Gasteiger partial charge in [0, 0.05) is 20.0 Å². The highest BCUT2D eigenvalue weighted by Crippen LogP contribution is 1.83. The van der Waals surface area contributed by atoms with Crippen molar-refractivity contribution in [3.8, 4) is 0 Å². The summed E-state index contributed by atoms with van der Waals surface area (Å²) in [6.07, 6.45) is 0. The molecule has 1 aromatic rings. The molecule has 0 bridgehead atoms. The topological polar surface area (TPSA) is 120 Å². The molecule has 1 heterocycles. The number of rotatable bonds is 4. The smallest absolute Gasteiger partial charge is 0.342 e. The SMILES string of the molecule is CC(=O)NCCNc1n[nH]c(=O)[nH]c1=O. The fourth-order valence-electron chi connectivity index (χ4n) is 0.887. The summed E-state index contributed by atoms with van der Waals surface area (Å²) in [6, 6.07) is 0. The summed E-state index contributed by atoms with van der Waals surface area (Å²) >= 11 is 0. The minimum absolute atomic E-state index is 0.0138. The number of amides is 1. The summed E-state index contributed by atoms with van der Waals surface area (Å²) in [5, 5.41) is 10.8. The summed E-state index contributed by atoms with van der Waals surface area (Å²) in [7, 11) is 0. The molecule has 82 valence electrons. The van der Waals surface area contributed by atoms with E-state index in [2.05, 4.69) is 20.8 Å². The van der Waals surface area contributed by atoms with Crippen molar-refractivity contribution in [1.29, 1.82) is 0 Å². The highest BCUT2D eigenvalue weighted by molar-refractivity contribution is 5.72. The Morgan fingerprint density at radius 2 is 2.13 bits per heavy atom. The Bertz CT molecular complexity index is 448. The normalized spacial score (nSPS) is 9.67. The third-order valence-electron chi connectivity index (χ3n) is 1.50. The number of aromatic amines is 2. The molecule has 0 aliphatic heterocycles. The molecule has 0 spiro atoms. The molecular formula is C7H11N5O3. The maximum absolute atomic E-state index is 11.1. The fourth-order valence-corrected chi connectivity index (χ4v) is 0.887. The van der Waals surface area contributed by atoms with E-state index in [-0.39, 0.29) is 11.7 Å². The first-order chi connectivity index (χ1) is 7.09. The molecule has 0 fully saturated rings. The predicted octanol–water partition coefficient (Wildman–Crippen LogP) is -1.99. The number of hydrogen-bond donors (Lipinski definition) is 4. The first-order valence-corrected chi connectivity index (χ1v) is 4.27. The molecule has 15 heavy (non-hydrogen) atoms. The van der Waals surface area contributed by atoms with Crippen LogP contribution in [0, 0.1) is 0 Å². The van der Waals surface area contributed by atoms with Crippen LogP contribution in [0.5, 0.6) is 0 Å². The van der Waals surface area contributed by atoms with Crippen molar-refractivity contribution in [2.75, 3.05) is 18.4 Å². The first kappa shape index (κ1) is 11.0. The van der Waals surface area contributed by atoms with Crippen LogP contribution < -0.4 is 21.9 Å². The van der Waals surface area contributed by atoms with Gasteiger partial charge in [0.05, 0.1) is 0 Å². The standard InChI is InChI=1S/C7H11N5O3/c1-4(13)8-2-3-9-5-6(14)10-7(15)12-11-5/h2-3H2,1H3,(H,8,13)(H,9,11)(H2,10,12,14,15). The average Bonchev–Trinajstić information content (AvgIpc) is 2.14. The zero-order valence-corrected chi connectivity index (χ0v) is 8.09. The Balaban J connectivity index is 2.48. The number of H-pyrrole nitrogens is 2. The molecule has 0 saturated heterocycles. The molecule has 0 unspecified atom stereocenters. The van der Waals surface area contributed by atoms with Gasteiger partial charge in [0.15, 0.2) is 0 Å². The lowest BCUT2D eigenvalue weighted by molar-refractivity contribution is -0.118. The van der Waals surface area contributed by atoms with Gasteiger partial charge in [-0.1, -0.05) is 0 Å². The lowest BCUT2D eigenvalue weighted by Gasteiger charge is -2.03. The van der Waals surface area contributed by atoms with E-state index in [9.17, 15) is 14.4 Å². The van der Waals surface area contributed by atoms with Crippen LogP contribution in [-0.2, 0) is 4.79 Å². The average molecular weight is 213 g/mol. The van der Waals surface area contributed by atoms with E-state index in [0.29, 0.717) is 13.1 Å². The van der Waals surface area contributed by atoms with Crippen molar-refractivity contribution in [2.24, 2.45) is 0 Å². The first-order valence-electron chi connectivity index (χ1n) is 4.27. The van der Waals surface area contributed by atoms with Crippen molar-refractivity contribution < 1.29 is 4.79 Å². The number of anilines is 1. The third kappa shape index (κ3) is 3.63. The second-order valence-corrected chi connectivity index (χ2v) is 2.77. The van der Waals surface area contributed by atoms with Gasteiger partial charge in [-0.3, -0.25) is 14.6 Å². The lowest BCUT2D eigenvalue weighted by atomic mass is 10.5. The van der Waals surface area contributed by atoms with Gasteiger partial charge < -0.3 is 10.6 Å². The second-order valence-electron chi connectivity index (χ2n) is 2.77. The van der Waals surface area contributed by atoms with Gasteiger partial charge in [-0.15, -0.1) is 5.10 Å². The quantitative estimate of drug-likeness (QED) is 0.431. The minimum atomic E-state index is -0.660. The summed E-state index contributed by atoms with van der Waals surface area (Å²) in [5.41, 5.74) is -1.26. The molecule has 1 amide bonds. The molecule has 4 N–H and O–H groups in total. The minimum Gasteiger partial charge on any atom is -0.362 e. The monoisotopic (exact) mass is 213 g/mol. The van der Waals surface area contributed by atoms with Gasteiger partial charge in [0.1, 0.15) is 0 Å². The molecule has 8 nitrogen and oxygen atoms in total. The second kappa shape index (κ2) is 4.94. The van der Waals surface area contributed by atoms with Crippen molar-refractivity contribution in [3.05, 3.63) is 20.8 Å². The largest absolute Gasteiger partial charge is 0.362 e. The van der Waals surface area contributed by atoms with Crippen LogP contribution >= 0.6 is 0 Å². The fraction of sp³-hybridized carbons (Fsp3) is 0.429. The summed E-state index contributed by atoms with van der Waals surface area (Å²) in [6.45, 7) is 2.11. The van der Waals surface area contributed by atoms with E-state index >= 15 is 0 Å². The van der Waals surface area contributed by atoms with Crippen LogP contribution in [0.4, 0.5) is 5.82 Å². The van der Waals surface area contributed by atoms with Crippen molar-refractivity contribution in [2.45, 2.75) is 6.92 Å². The van der Waals surface area contributed by atoms with E-state index in [1.54, 1.807) is 0 Å². The Hall–Kier alpha value is -2.12. The maximum atomic E-state index is 11.1. The zero-order chi connectivity index (χ0) is 11.3. The van der Waals surface area contributed by atoms with Crippen LogP contribution in [0.15, 0.2) is 9.59 Å². The van der Waals surface area contributed by atoms with Crippen molar-refractivity contribution >= 4 is 11.7 Å². The number of hydrogen-bond acceptors (Lipinski definition) is 5. The highest BCUT2D eigenvalue weighted by Gasteiger charge is 2.00. The number of aromatic nitrogens is 3. The Morgan fingerprint density at radius 1 is 1.40 bits per heavy atom. The highest BCUT2D eigenvalue weighted by atomic mass is 16.2. The molecule has 8 heteroatoms. The molecular weight excluding hydrogens is 202 g/mol. The summed E-state index contributed by atoms with van der Waals surface area (Å²) in [4.78, 5) is 34.2. The number of nitrogens with one attached hydrogen (secondary N) is 4. The predicted molar refractivity (Wildman–Crippen MR) is 52.7 cm³/mol. The van der Waals surface area contributed by atoms with Gasteiger partial charge >= 0.3 is 5.69 Å². The number of nitrogens with zero attached hydrogens (tertiary/aromatic N) is 1. The van der Waals surface area contributed by atoms with Gasteiger partial charge in [-0.2, -0.15) is 0 Å². The van der Waals surface area contributed by atoms with Crippen molar-refractivity contribution in [1.82, 2.24) is 20.5 Å². The Labute approximate surface area is 84.1 Å². The van der Waals surface area contributed by atoms with E-state index in [1.807, 2.05) is 4.98 Å². The van der Waals surface area contributed by atoms with E-state index in [0.717, 1.165) is 0 Å². The number of carbonyl (C=O) groups is 1. The van der Waals surface area contributed by atoms with Crippen LogP contribution in [-0.4, -0.2) is 34.2 Å². The Kier molecular flexibility index (Phi) is 3.61. The van der Waals surface area contributed by atoms with Crippen LogP contribution in [0.25, 0.3) is 0 Å².